The highest BCUT2D eigenvalue weighted by atomic mass is 32.1. The van der Waals surface area contributed by atoms with Crippen molar-refractivity contribution in [2.75, 3.05) is 31.9 Å². The van der Waals surface area contributed by atoms with Crippen molar-refractivity contribution >= 4 is 44.6 Å². The summed E-state index contributed by atoms with van der Waals surface area (Å²) < 4.78 is 27.1. The van der Waals surface area contributed by atoms with E-state index in [0.717, 1.165) is 22.3 Å². The zero-order chi connectivity index (χ0) is 21.3. The number of hydrogen-bond acceptors (Lipinski definition) is 5. The lowest BCUT2D eigenvalue weighted by Gasteiger charge is -2.34. The first-order valence-corrected chi connectivity index (χ1v) is 10.1. The number of thiazole rings is 1. The summed E-state index contributed by atoms with van der Waals surface area (Å²) >= 11 is 1.33. The van der Waals surface area contributed by atoms with E-state index in [9.17, 15) is 18.4 Å². The first-order valence-electron chi connectivity index (χ1n) is 9.28. The molecule has 2 aromatic carbocycles. The standard InChI is InChI=1S/C21H18F2N4O2S/c22-15-4-1-13(11-16(15)23)2-6-19(28)26-7-9-27(10-8-26)20(29)14-3-5-17-18(12-14)30-21(24)25-17/h1-6,11-12H,7-10H2,(H2,24,25)/b6-2+. The van der Waals surface area contributed by atoms with Crippen molar-refractivity contribution < 1.29 is 18.4 Å². The maximum absolute atomic E-state index is 13.3. The van der Waals surface area contributed by atoms with Crippen LogP contribution in [0.4, 0.5) is 13.9 Å². The van der Waals surface area contributed by atoms with Gasteiger partial charge >= 0.3 is 0 Å². The van der Waals surface area contributed by atoms with E-state index >= 15 is 0 Å². The van der Waals surface area contributed by atoms with Gasteiger partial charge in [-0.15, -0.1) is 0 Å². The number of hydrogen-bond donors (Lipinski definition) is 1. The van der Waals surface area contributed by atoms with Gasteiger partial charge in [0.05, 0.1) is 10.2 Å². The summed E-state index contributed by atoms with van der Waals surface area (Å²) in [6, 6.07) is 8.73. The van der Waals surface area contributed by atoms with Crippen LogP contribution in [0.25, 0.3) is 16.3 Å². The molecule has 0 atom stereocenters. The van der Waals surface area contributed by atoms with Gasteiger partial charge in [0.1, 0.15) is 0 Å². The Morgan fingerprint density at radius 1 is 1.00 bits per heavy atom. The minimum Gasteiger partial charge on any atom is -0.375 e. The van der Waals surface area contributed by atoms with Crippen LogP contribution in [-0.4, -0.2) is 52.8 Å². The number of fused-ring (bicyclic) bond motifs is 1. The number of benzene rings is 2. The van der Waals surface area contributed by atoms with Crippen LogP contribution >= 0.6 is 11.3 Å². The quantitative estimate of drug-likeness (QED) is 0.650. The summed E-state index contributed by atoms with van der Waals surface area (Å²) in [6.45, 7) is 1.60. The third-order valence-electron chi connectivity index (χ3n) is 4.89. The lowest BCUT2D eigenvalue weighted by molar-refractivity contribution is -0.127. The number of carbonyl (C=O) groups excluding carboxylic acids is 2. The first kappa shape index (κ1) is 20.0. The molecule has 1 saturated heterocycles. The molecule has 0 radical (unpaired) electrons. The number of amides is 2. The molecule has 4 rings (SSSR count). The van der Waals surface area contributed by atoms with Crippen molar-refractivity contribution in [3.63, 3.8) is 0 Å². The van der Waals surface area contributed by atoms with Crippen LogP contribution in [0, 0.1) is 11.6 Å². The molecule has 2 N–H and O–H groups in total. The van der Waals surface area contributed by atoms with Gasteiger partial charge in [-0.25, -0.2) is 13.8 Å². The molecule has 3 aromatic rings. The smallest absolute Gasteiger partial charge is 0.254 e. The SMILES string of the molecule is Nc1nc2ccc(C(=O)N3CCN(C(=O)/C=C/c4ccc(F)c(F)c4)CC3)cc2s1. The minimum absolute atomic E-state index is 0.103. The number of piperazine rings is 1. The molecule has 1 aliphatic heterocycles. The predicted octanol–water partition coefficient (Wildman–Crippen LogP) is 3.15. The van der Waals surface area contributed by atoms with Gasteiger partial charge in [0.25, 0.3) is 5.91 Å². The van der Waals surface area contributed by atoms with Crippen LogP contribution in [0.1, 0.15) is 15.9 Å². The number of nitrogens with zero attached hydrogens (tertiary/aromatic N) is 3. The van der Waals surface area contributed by atoms with E-state index in [1.807, 2.05) is 0 Å². The van der Waals surface area contributed by atoms with Crippen LogP contribution in [0.5, 0.6) is 0 Å². The van der Waals surface area contributed by atoms with Crippen molar-refractivity contribution in [2.45, 2.75) is 0 Å². The van der Waals surface area contributed by atoms with Crippen molar-refractivity contribution in [3.8, 4) is 0 Å². The van der Waals surface area contributed by atoms with Crippen molar-refractivity contribution in [3.05, 3.63) is 65.2 Å². The summed E-state index contributed by atoms with van der Waals surface area (Å²) in [6.07, 6.45) is 2.77. The molecule has 0 bridgehead atoms. The molecule has 0 unspecified atom stereocenters. The summed E-state index contributed by atoms with van der Waals surface area (Å²) in [5.74, 6) is -2.24. The second kappa shape index (κ2) is 8.19. The van der Waals surface area contributed by atoms with Gasteiger partial charge in [0.2, 0.25) is 5.91 Å². The summed E-state index contributed by atoms with van der Waals surface area (Å²) in [4.78, 5) is 32.7. The molecule has 1 fully saturated rings. The highest BCUT2D eigenvalue weighted by Gasteiger charge is 2.24. The zero-order valence-corrected chi connectivity index (χ0v) is 16.7. The van der Waals surface area contributed by atoms with Crippen molar-refractivity contribution in [1.29, 1.82) is 0 Å². The summed E-state index contributed by atoms with van der Waals surface area (Å²) in [5.41, 5.74) is 7.43. The van der Waals surface area contributed by atoms with Gasteiger partial charge in [-0.3, -0.25) is 9.59 Å². The van der Waals surface area contributed by atoms with Crippen LogP contribution < -0.4 is 5.73 Å². The fraction of sp³-hybridized carbons (Fsp3) is 0.190. The Hall–Kier alpha value is -3.33. The third-order valence-corrected chi connectivity index (χ3v) is 5.74. The van der Waals surface area contributed by atoms with Crippen molar-refractivity contribution in [1.82, 2.24) is 14.8 Å². The minimum atomic E-state index is -0.962. The molecule has 9 heteroatoms. The normalized spacial score (nSPS) is 14.6. The van der Waals surface area contributed by atoms with E-state index in [4.69, 9.17) is 5.73 Å². The molecule has 1 aliphatic rings. The summed E-state index contributed by atoms with van der Waals surface area (Å²) in [5, 5.41) is 0.457. The van der Waals surface area contributed by atoms with Gasteiger partial charge < -0.3 is 15.5 Å². The fourth-order valence-electron chi connectivity index (χ4n) is 3.28. The highest BCUT2D eigenvalue weighted by molar-refractivity contribution is 7.22. The maximum atomic E-state index is 13.3. The first-order chi connectivity index (χ1) is 14.4. The molecule has 154 valence electrons. The van der Waals surface area contributed by atoms with Crippen molar-refractivity contribution in [2.24, 2.45) is 0 Å². The number of nitrogens with two attached hydrogens (primary N) is 1. The lowest BCUT2D eigenvalue weighted by atomic mass is 10.1. The molecular weight excluding hydrogens is 410 g/mol. The van der Waals surface area contributed by atoms with E-state index in [0.29, 0.717) is 42.4 Å². The number of carbonyl (C=O) groups is 2. The van der Waals surface area contributed by atoms with Gasteiger partial charge in [0.15, 0.2) is 16.8 Å². The average molecular weight is 428 g/mol. The third kappa shape index (κ3) is 4.16. The number of anilines is 1. The van der Waals surface area contributed by atoms with Crippen LogP contribution in [0.2, 0.25) is 0 Å². The Morgan fingerprint density at radius 3 is 2.47 bits per heavy atom. The molecule has 0 aliphatic carbocycles. The number of halogens is 2. The van der Waals surface area contributed by atoms with Crippen LogP contribution in [-0.2, 0) is 4.79 Å². The Morgan fingerprint density at radius 2 is 1.73 bits per heavy atom. The zero-order valence-electron chi connectivity index (χ0n) is 15.8. The molecule has 2 heterocycles. The Bertz CT molecular complexity index is 1150. The summed E-state index contributed by atoms with van der Waals surface area (Å²) in [7, 11) is 0. The van der Waals surface area contributed by atoms with Gasteiger partial charge in [-0.2, -0.15) is 0 Å². The van der Waals surface area contributed by atoms with E-state index in [1.165, 1.54) is 29.6 Å². The van der Waals surface area contributed by atoms with E-state index < -0.39 is 11.6 Å². The Balaban J connectivity index is 1.36. The van der Waals surface area contributed by atoms with E-state index in [2.05, 4.69) is 4.98 Å². The molecule has 30 heavy (non-hydrogen) atoms. The van der Waals surface area contributed by atoms with Gasteiger partial charge in [0, 0.05) is 37.8 Å². The van der Waals surface area contributed by atoms with Crippen LogP contribution in [0.15, 0.2) is 42.5 Å². The predicted molar refractivity (Wildman–Crippen MR) is 112 cm³/mol. The molecular formula is C21H18F2N4O2S. The molecule has 6 nitrogen and oxygen atoms in total. The average Bonchev–Trinajstić information content (AvgIpc) is 3.13. The van der Waals surface area contributed by atoms with E-state index in [-0.39, 0.29) is 11.8 Å². The Kier molecular flexibility index (Phi) is 5.45. The number of rotatable bonds is 3. The monoisotopic (exact) mass is 428 g/mol. The van der Waals surface area contributed by atoms with Crippen LogP contribution in [0.3, 0.4) is 0 Å². The highest BCUT2D eigenvalue weighted by Crippen LogP contribution is 2.25. The second-order valence-electron chi connectivity index (χ2n) is 6.86. The largest absolute Gasteiger partial charge is 0.375 e. The fourth-order valence-corrected chi connectivity index (χ4v) is 4.05. The molecule has 1 aromatic heterocycles. The molecule has 0 spiro atoms. The number of aromatic nitrogens is 1. The van der Waals surface area contributed by atoms with Gasteiger partial charge in [-0.05, 0) is 42.0 Å². The topological polar surface area (TPSA) is 79.5 Å². The Labute approximate surface area is 175 Å². The van der Waals surface area contributed by atoms with E-state index in [1.54, 1.807) is 28.0 Å². The molecule has 2 amide bonds. The number of nitrogen functional groups attached to an aromatic ring is 1. The maximum Gasteiger partial charge on any atom is 0.254 e. The lowest BCUT2D eigenvalue weighted by Crippen LogP contribution is -2.50. The second-order valence-corrected chi connectivity index (χ2v) is 7.92. The molecule has 0 saturated carbocycles. The van der Waals surface area contributed by atoms with Gasteiger partial charge in [-0.1, -0.05) is 17.4 Å².